The van der Waals surface area contributed by atoms with E-state index in [-0.39, 0.29) is 5.75 Å². The molecule has 3 rings (SSSR count). The minimum Gasteiger partial charge on any atom is -0.504 e. The number of nitrogens with zero attached hydrogens (tertiary/aromatic N) is 3. The molecule has 1 aliphatic heterocycles. The van der Waals surface area contributed by atoms with Crippen molar-refractivity contribution < 1.29 is 14.6 Å². The Morgan fingerprint density at radius 1 is 1.10 bits per heavy atom. The monoisotopic (exact) mass is 412 g/mol. The maximum Gasteiger partial charge on any atom is 0.194 e. The SMILES string of the molecule is CCNC(=NCc1ccc(O)c(OCC)c1)N1CCN(c2cccc(OC)c2)CC1. The number of piperazine rings is 1. The summed E-state index contributed by atoms with van der Waals surface area (Å²) in [4.78, 5) is 9.49. The molecule has 0 radical (unpaired) electrons. The number of hydrogen-bond acceptors (Lipinski definition) is 5. The Balaban J connectivity index is 1.64. The van der Waals surface area contributed by atoms with Crippen molar-refractivity contribution in [1.82, 2.24) is 10.2 Å². The van der Waals surface area contributed by atoms with Gasteiger partial charge in [-0.2, -0.15) is 0 Å². The molecule has 1 heterocycles. The predicted octanol–water partition coefficient (Wildman–Crippen LogP) is 3.09. The molecular formula is C23H32N4O3. The number of nitrogens with one attached hydrogen (secondary N) is 1. The van der Waals surface area contributed by atoms with Crippen LogP contribution in [0.5, 0.6) is 17.2 Å². The van der Waals surface area contributed by atoms with Crippen LogP contribution in [0.2, 0.25) is 0 Å². The second-order valence-corrected chi connectivity index (χ2v) is 7.08. The molecule has 1 aliphatic rings. The van der Waals surface area contributed by atoms with E-state index < -0.39 is 0 Å². The van der Waals surface area contributed by atoms with E-state index in [0.29, 0.717) is 18.9 Å². The second-order valence-electron chi connectivity index (χ2n) is 7.08. The Kier molecular flexibility index (Phi) is 7.65. The van der Waals surface area contributed by atoms with Crippen LogP contribution in [-0.2, 0) is 6.54 Å². The molecule has 0 unspecified atom stereocenters. The third-order valence-electron chi connectivity index (χ3n) is 5.07. The average molecular weight is 413 g/mol. The number of rotatable bonds is 7. The number of aromatic hydroxyl groups is 1. The Bertz CT molecular complexity index is 848. The fraction of sp³-hybridized carbons (Fsp3) is 0.435. The highest BCUT2D eigenvalue weighted by atomic mass is 16.5. The molecule has 0 spiro atoms. The van der Waals surface area contributed by atoms with Crippen LogP contribution in [0.1, 0.15) is 19.4 Å². The summed E-state index contributed by atoms with van der Waals surface area (Å²) < 4.78 is 10.8. The maximum absolute atomic E-state index is 9.89. The van der Waals surface area contributed by atoms with Crippen LogP contribution in [0.25, 0.3) is 0 Å². The minimum absolute atomic E-state index is 0.158. The molecule has 7 heteroatoms. The van der Waals surface area contributed by atoms with Crippen LogP contribution >= 0.6 is 0 Å². The van der Waals surface area contributed by atoms with Gasteiger partial charge in [-0.15, -0.1) is 0 Å². The van der Waals surface area contributed by atoms with Gasteiger partial charge in [0, 0.05) is 44.5 Å². The van der Waals surface area contributed by atoms with Gasteiger partial charge in [-0.1, -0.05) is 12.1 Å². The summed E-state index contributed by atoms with van der Waals surface area (Å²) in [5.74, 6) is 2.45. The zero-order valence-electron chi connectivity index (χ0n) is 18.1. The number of methoxy groups -OCH3 is 1. The van der Waals surface area contributed by atoms with E-state index >= 15 is 0 Å². The third-order valence-corrected chi connectivity index (χ3v) is 5.07. The Morgan fingerprint density at radius 3 is 2.60 bits per heavy atom. The Hall–Kier alpha value is -3.09. The van der Waals surface area contributed by atoms with Crippen LogP contribution in [0.15, 0.2) is 47.5 Å². The molecule has 2 aromatic rings. The van der Waals surface area contributed by atoms with Crippen LogP contribution in [-0.4, -0.2) is 62.4 Å². The van der Waals surface area contributed by atoms with Gasteiger partial charge >= 0.3 is 0 Å². The fourth-order valence-corrected chi connectivity index (χ4v) is 3.50. The van der Waals surface area contributed by atoms with Crippen molar-refractivity contribution in [3.05, 3.63) is 48.0 Å². The summed E-state index contributed by atoms with van der Waals surface area (Å²) >= 11 is 0. The van der Waals surface area contributed by atoms with Crippen LogP contribution in [0, 0.1) is 0 Å². The molecule has 0 saturated carbocycles. The standard InChI is InChI=1S/C23H32N4O3/c1-4-24-23(25-17-18-9-10-21(28)22(15-18)30-5-2)27-13-11-26(12-14-27)19-7-6-8-20(16-19)29-3/h6-10,15-16,28H,4-5,11-14,17H2,1-3H3,(H,24,25). The minimum atomic E-state index is 0.158. The number of ether oxygens (including phenoxy) is 2. The lowest BCUT2D eigenvalue weighted by Crippen LogP contribution is -2.52. The van der Waals surface area contributed by atoms with Crippen LogP contribution < -0.4 is 19.7 Å². The molecule has 0 atom stereocenters. The highest BCUT2D eigenvalue weighted by Crippen LogP contribution is 2.27. The fourth-order valence-electron chi connectivity index (χ4n) is 3.50. The van der Waals surface area contributed by atoms with Crippen LogP contribution in [0.4, 0.5) is 5.69 Å². The van der Waals surface area contributed by atoms with Crippen molar-refractivity contribution >= 4 is 11.6 Å². The van der Waals surface area contributed by atoms with E-state index in [0.717, 1.165) is 50.0 Å². The maximum atomic E-state index is 9.89. The lowest BCUT2D eigenvalue weighted by atomic mass is 10.2. The lowest BCUT2D eigenvalue weighted by Gasteiger charge is -2.37. The van der Waals surface area contributed by atoms with Gasteiger partial charge in [-0.05, 0) is 43.7 Å². The zero-order valence-corrected chi connectivity index (χ0v) is 18.1. The van der Waals surface area contributed by atoms with Gasteiger partial charge < -0.3 is 29.7 Å². The van der Waals surface area contributed by atoms with Crippen molar-refractivity contribution in [1.29, 1.82) is 0 Å². The normalized spacial score (nSPS) is 14.6. The number of hydrogen-bond donors (Lipinski definition) is 2. The number of anilines is 1. The molecule has 30 heavy (non-hydrogen) atoms. The van der Waals surface area contributed by atoms with E-state index in [1.54, 1.807) is 13.2 Å². The number of phenolic OH excluding ortho intramolecular Hbond substituents is 1. The average Bonchev–Trinajstić information content (AvgIpc) is 2.79. The van der Waals surface area contributed by atoms with Crippen molar-refractivity contribution in [2.24, 2.45) is 4.99 Å². The second kappa shape index (κ2) is 10.6. The topological polar surface area (TPSA) is 69.6 Å². The molecule has 0 bridgehead atoms. The molecule has 0 aromatic heterocycles. The largest absolute Gasteiger partial charge is 0.504 e. The molecule has 7 nitrogen and oxygen atoms in total. The molecule has 0 aliphatic carbocycles. The molecule has 0 amide bonds. The quantitative estimate of drug-likeness (QED) is 0.538. The van der Waals surface area contributed by atoms with Crippen molar-refractivity contribution in [3.8, 4) is 17.2 Å². The zero-order chi connectivity index (χ0) is 21.3. The number of guanidine groups is 1. The first kappa shape index (κ1) is 21.6. The van der Waals surface area contributed by atoms with Gasteiger partial charge in [0.25, 0.3) is 0 Å². The van der Waals surface area contributed by atoms with Gasteiger partial charge in [0.1, 0.15) is 5.75 Å². The van der Waals surface area contributed by atoms with Gasteiger partial charge in [0.05, 0.1) is 20.3 Å². The summed E-state index contributed by atoms with van der Waals surface area (Å²) in [5.41, 5.74) is 2.19. The molecule has 1 saturated heterocycles. The molecular weight excluding hydrogens is 380 g/mol. The van der Waals surface area contributed by atoms with E-state index in [9.17, 15) is 5.11 Å². The first-order chi connectivity index (χ1) is 14.6. The summed E-state index contributed by atoms with van der Waals surface area (Å²) in [6, 6.07) is 13.6. The summed E-state index contributed by atoms with van der Waals surface area (Å²) in [5, 5.41) is 13.3. The van der Waals surface area contributed by atoms with Gasteiger partial charge in [-0.3, -0.25) is 0 Å². The van der Waals surface area contributed by atoms with E-state index in [1.165, 1.54) is 5.69 Å². The molecule has 2 N–H and O–H groups in total. The predicted molar refractivity (Wildman–Crippen MR) is 121 cm³/mol. The smallest absolute Gasteiger partial charge is 0.194 e. The Morgan fingerprint density at radius 2 is 1.90 bits per heavy atom. The summed E-state index contributed by atoms with van der Waals surface area (Å²) in [6.07, 6.45) is 0. The van der Waals surface area contributed by atoms with Crippen molar-refractivity contribution in [2.45, 2.75) is 20.4 Å². The number of benzene rings is 2. The number of aliphatic imine (C=N–C) groups is 1. The van der Waals surface area contributed by atoms with Gasteiger partial charge in [0.2, 0.25) is 0 Å². The number of phenols is 1. The molecule has 162 valence electrons. The summed E-state index contributed by atoms with van der Waals surface area (Å²) in [7, 11) is 1.70. The lowest BCUT2D eigenvalue weighted by molar-refractivity contribution is 0.317. The molecule has 2 aromatic carbocycles. The van der Waals surface area contributed by atoms with Crippen molar-refractivity contribution in [2.75, 3.05) is 51.3 Å². The van der Waals surface area contributed by atoms with Crippen molar-refractivity contribution in [3.63, 3.8) is 0 Å². The van der Waals surface area contributed by atoms with Crippen LogP contribution in [0.3, 0.4) is 0 Å². The summed E-state index contributed by atoms with van der Waals surface area (Å²) in [6.45, 7) is 9.46. The third kappa shape index (κ3) is 5.49. The van der Waals surface area contributed by atoms with E-state index in [1.807, 2.05) is 31.2 Å². The van der Waals surface area contributed by atoms with E-state index in [2.05, 4.69) is 34.2 Å². The van der Waals surface area contributed by atoms with Gasteiger partial charge in [-0.25, -0.2) is 4.99 Å². The van der Waals surface area contributed by atoms with Gasteiger partial charge in [0.15, 0.2) is 17.5 Å². The van der Waals surface area contributed by atoms with E-state index in [4.69, 9.17) is 14.5 Å². The Labute approximate surface area is 178 Å². The first-order valence-corrected chi connectivity index (χ1v) is 10.5. The first-order valence-electron chi connectivity index (χ1n) is 10.5. The highest BCUT2D eigenvalue weighted by Gasteiger charge is 2.20. The molecule has 1 fully saturated rings. The highest BCUT2D eigenvalue weighted by molar-refractivity contribution is 5.80.